The average Bonchev–Trinajstić information content (AvgIpc) is 2.74. The summed E-state index contributed by atoms with van der Waals surface area (Å²) in [4.78, 5) is 35.6. The van der Waals surface area contributed by atoms with Crippen molar-refractivity contribution in [2.45, 2.75) is 6.10 Å². The van der Waals surface area contributed by atoms with E-state index in [1.54, 1.807) is 13.2 Å². The number of ether oxygens (including phenoxy) is 3. The summed E-state index contributed by atoms with van der Waals surface area (Å²) in [5, 5.41) is 5.00. The van der Waals surface area contributed by atoms with Crippen LogP contribution in [0.5, 0.6) is 5.75 Å². The Balaban J connectivity index is 1.94. The van der Waals surface area contributed by atoms with E-state index in [0.717, 1.165) is 5.56 Å². The number of esters is 1. The number of rotatable bonds is 7. The predicted octanol–water partition coefficient (Wildman–Crippen LogP) is 1.92. The van der Waals surface area contributed by atoms with Gasteiger partial charge in [0.1, 0.15) is 11.9 Å². The fourth-order valence-corrected chi connectivity index (χ4v) is 2.51. The van der Waals surface area contributed by atoms with Gasteiger partial charge in [-0.05, 0) is 30.3 Å². The van der Waals surface area contributed by atoms with Gasteiger partial charge in [-0.2, -0.15) is 0 Å². The molecule has 0 saturated heterocycles. The molecule has 0 bridgehead atoms. The molecular weight excluding hydrogens is 364 g/mol. The molecule has 2 N–H and O–H groups in total. The minimum atomic E-state index is -0.833. The monoisotopic (exact) mass is 386 g/mol. The summed E-state index contributed by atoms with van der Waals surface area (Å²) in [6.07, 6.45) is -0.479. The Morgan fingerprint density at radius 3 is 2.21 bits per heavy atom. The van der Waals surface area contributed by atoms with Crippen molar-refractivity contribution in [3.63, 3.8) is 0 Å². The summed E-state index contributed by atoms with van der Waals surface area (Å²) >= 11 is 0. The Morgan fingerprint density at radius 2 is 1.61 bits per heavy atom. The summed E-state index contributed by atoms with van der Waals surface area (Å²) in [5.74, 6) is -1.51. The van der Waals surface area contributed by atoms with Gasteiger partial charge in [0.2, 0.25) is 0 Å². The molecular formula is C20H22N2O6. The predicted molar refractivity (Wildman–Crippen MR) is 102 cm³/mol. The normalized spacial score (nSPS) is 11.2. The zero-order chi connectivity index (χ0) is 20.5. The highest BCUT2D eigenvalue weighted by Gasteiger charge is 2.19. The quantitative estimate of drug-likeness (QED) is 0.557. The lowest BCUT2D eigenvalue weighted by Gasteiger charge is -2.18. The van der Waals surface area contributed by atoms with E-state index in [2.05, 4.69) is 15.4 Å². The van der Waals surface area contributed by atoms with Gasteiger partial charge in [0, 0.05) is 24.9 Å². The number of nitrogens with one attached hydrogen (secondary N) is 2. The highest BCUT2D eigenvalue weighted by Crippen LogP contribution is 2.26. The molecule has 0 aliphatic rings. The van der Waals surface area contributed by atoms with Gasteiger partial charge in [-0.3, -0.25) is 9.59 Å². The fourth-order valence-electron chi connectivity index (χ4n) is 2.51. The van der Waals surface area contributed by atoms with Crippen molar-refractivity contribution >= 4 is 23.5 Å². The molecule has 2 aromatic rings. The first kappa shape index (κ1) is 20.9. The standard InChI is InChI=1S/C20H22N2O6/c1-26-16-7-5-4-6-15(16)17(27-2)12-21-18(23)19(24)22-14-10-8-13(9-11-14)20(25)28-3/h4-11,17H,12H2,1-3H3,(H,21,23)(H,22,24)/t17-/m0/s1. The first-order valence-corrected chi connectivity index (χ1v) is 8.43. The Kier molecular flexibility index (Phi) is 7.53. The Hall–Kier alpha value is -3.39. The van der Waals surface area contributed by atoms with Crippen molar-refractivity contribution < 1.29 is 28.6 Å². The van der Waals surface area contributed by atoms with E-state index in [1.165, 1.54) is 38.5 Å². The third-order valence-corrected chi connectivity index (χ3v) is 3.99. The molecule has 2 amide bonds. The maximum atomic E-state index is 12.1. The number of hydrogen-bond acceptors (Lipinski definition) is 6. The zero-order valence-corrected chi connectivity index (χ0v) is 15.9. The van der Waals surface area contributed by atoms with Gasteiger partial charge in [-0.15, -0.1) is 0 Å². The van der Waals surface area contributed by atoms with Crippen LogP contribution in [-0.4, -0.2) is 45.7 Å². The Bertz CT molecular complexity index is 835. The number of carbonyl (C=O) groups excluding carboxylic acids is 3. The highest BCUT2D eigenvalue weighted by atomic mass is 16.5. The maximum Gasteiger partial charge on any atom is 0.337 e. The number of benzene rings is 2. The minimum absolute atomic E-state index is 0.0877. The molecule has 0 aliphatic heterocycles. The molecule has 0 radical (unpaired) electrons. The minimum Gasteiger partial charge on any atom is -0.496 e. The molecule has 0 saturated carbocycles. The molecule has 8 nitrogen and oxygen atoms in total. The van der Waals surface area contributed by atoms with Crippen LogP contribution in [0.15, 0.2) is 48.5 Å². The van der Waals surface area contributed by atoms with Crippen LogP contribution in [0.2, 0.25) is 0 Å². The van der Waals surface area contributed by atoms with Gasteiger partial charge in [-0.1, -0.05) is 18.2 Å². The van der Waals surface area contributed by atoms with Crippen LogP contribution in [0, 0.1) is 0 Å². The first-order valence-electron chi connectivity index (χ1n) is 8.43. The van der Waals surface area contributed by atoms with Gasteiger partial charge in [0.15, 0.2) is 0 Å². The Morgan fingerprint density at radius 1 is 0.929 bits per heavy atom. The van der Waals surface area contributed by atoms with Crippen LogP contribution in [-0.2, 0) is 19.1 Å². The average molecular weight is 386 g/mol. The molecule has 28 heavy (non-hydrogen) atoms. The number of carbonyl (C=O) groups is 3. The zero-order valence-electron chi connectivity index (χ0n) is 15.9. The van der Waals surface area contributed by atoms with E-state index in [0.29, 0.717) is 17.0 Å². The summed E-state index contributed by atoms with van der Waals surface area (Å²) in [6.45, 7) is 0.0877. The molecule has 2 aromatic carbocycles. The van der Waals surface area contributed by atoms with E-state index in [9.17, 15) is 14.4 Å². The van der Waals surface area contributed by atoms with Crippen molar-refractivity contribution in [1.82, 2.24) is 5.32 Å². The second kappa shape index (κ2) is 10.1. The van der Waals surface area contributed by atoms with E-state index in [4.69, 9.17) is 9.47 Å². The van der Waals surface area contributed by atoms with Crippen LogP contribution < -0.4 is 15.4 Å². The fraction of sp³-hybridized carbons (Fsp3) is 0.250. The largest absolute Gasteiger partial charge is 0.496 e. The molecule has 0 fully saturated rings. The molecule has 8 heteroatoms. The number of anilines is 1. The number of hydrogen-bond donors (Lipinski definition) is 2. The van der Waals surface area contributed by atoms with Gasteiger partial charge >= 0.3 is 17.8 Å². The number of para-hydroxylation sites is 1. The van der Waals surface area contributed by atoms with Crippen LogP contribution >= 0.6 is 0 Å². The molecule has 1 atom stereocenters. The van der Waals surface area contributed by atoms with Gasteiger partial charge < -0.3 is 24.8 Å². The van der Waals surface area contributed by atoms with Crippen molar-refractivity contribution in [3.8, 4) is 5.75 Å². The highest BCUT2D eigenvalue weighted by molar-refractivity contribution is 6.39. The van der Waals surface area contributed by atoms with Crippen molar-refractivity contribution in [1.29, 1.82) is 0 Å². The van der Waals surface area contributed by atoms with E-state index >= 15 is 0 Å². The van der Waals surface area contributed by atoms with Crippen LogP contribution in [0.3, 0.4) is 0 Å². The van der Waals surface area contributed by atoms with E-state index in [1.807, 2.05) is 18.2 Å². The summed E-state index contributed by atoms with van der Waals surface area (Å²) in [5.41, 5.74) is 1.47. The van der Waals surface area contributed by atoms with E-state index < -0.39 is 23.9 Å². The second-order valence-electron chi connectivity index (χ2n) is 5.70. The van der Waals surface area contributed by atoms with Crippen LogP contribution in [0.25, 0.3) is 0 Å². The molecule has 0 spiro atoms. The number of amides is 2. The van der Waals surface area contributed by atoms with E-state index in [-0.39, 0.29) is 6.54 Å². The topological polar surface area (TPSA) is 103 Å². The maximum absolute atomic E-state index is 12.1. The second-order valence-corrected chi connectivity index (χ2v) is 5.70. The van der Waals surface area contributed by atoms with Crippen molar-refractivity contribution in [2.75, 3.05) is 33.2 Å². The Labute approximate surface area is 162 Å². The van der Waals surface area contributed by atoms with Crippen LogP contribution in [0.4, 0.5) is 5.69 Å². The van der Waals surface area contributed by atoms with Crippen LogP contribution in [0.1, 0.15) is 22.0 Å². The lowest BCUT2D eigenvalue weighted by molar-refractivity contribution is -0.136. The van der Waals surface area contributed by atoms with Gasteiger partial charge in [-0.25, -0.2) is 4.79 Å². The third-order valence-electron chi connectivity index (χ3n) is 3.99. The summed E-state index contributed by atoms with van der Waals surface area (Å²) in [7, 11) is 4.33. The molecule has 0 heterocycles. The lowest BCUT2D eigenvalue weighted by Crippen LogP contribution is -2.38. The molecule has 0 unspecified atom stereocenters. The summed E-state index contributed by atoms with van der Waals surface area (Å²) < 4.78 is 15.3. The van der Waals surface area contributed by atoms with Gasteiger partial charge in [0.25, 0.3) is 0 Å². The molecule has 0 aliphatic carbocycles. The first-order chi connectivity index (χ1) is 13.5. The lowest BCUT2D eigenvalue weighted by atomic mass is 10.1. The molecule has 2 rings (SSSR count). The smallest absolute Gasteiger partial charge is 0.337 e. The molecule has 0 aromatic heterocycles. The van der Waals surface area contributed by atoms with Gasteiger partial charge in [0.05, 0.1) is 19.8 Å². The summed E-state index contributed by atoms with van der Waals surface area (Å²) in [6, 6.07) is 13.2. The van der Waals surface area contributed by atoms with Crippen molar-refractivity contribution in [2.24, 2.45) is 0 Å². The van der Waals surface area contributed by atoms with Crippen molar-refractivity contribution in [3.05, 3.63) is 59.7 Å². The third kappa shape index (κ3) is 5.31. The molecule has 148 valence electrons. The number of methoxy groups -OCH3 is 3. The SMILES string of the molecule is COC(=O)c1ccc(NC(=O)C(=O)NC[C@H](OC)c2ccccc2OC)cc1.